The van der Waals surface area contributed by atoms with Crippen LogP contribution in [0.4, 0.5) is 0 Å². The van der Waals surface area contributed by atoms with Crippen molar-refractivity contribution < 1.29 is 19.3 Å². The number of rotatable bonds is 0. The lowest BCUT2D eigenvalue weighted by molar-refractivity contribution is -0.306. The molecular formula is C14H20O4. The van der Waals surface area contributed by atoms with Crippen molar-refractivity contribution in [1.29, 1.82) is 0 Å². The first-order chi connectivity index (χ1) is 8.81. The molecule has 6 unspecified atom stereocenters. The molecule has 4 aliphatic rings. The Kier molecular flexibility index (Phi) is 2.62. The summed E-state index contributed by atoms with van der Waals surface area (Å²) in [5, 5.41) is 0. The second-order valence-electron chi connectivity index (χ2n) is 6.38. The van der Waals surface area contributed by atoms with Gasteiger partial charge in [-0.15, -0.1) is 0 Å². The lowest BCUT2D eigenvalue weighted by atomic mass is 9.72. The van der Waals surface area contributed by atoms with Crippen molar-refractivity contribution in [2.45, 2.75) is 63.3 Å². The summed E-state index contributed by atoms with van der Waals surface area (Å²) in [6.07, 6.45) is 8.48. The summed E-state index contributed by atoms with van der Waals surface area (Å²) in [7, 11) is 0. The van der Waals surface area contributed by atoms with E-state index in [9.17, 15) is 4.79 Å². The van der Waals surface area contributed by atoms with Gasteiger partial charge in [0.25, 0.3) is 0 Å². The molecule has 0 N–H and O–H groups in total. The molecule has 2 heterocycles. The molecule has 0 radical (unpaired) electrons. The lowest BCUT2D eigenvalue weighted by Crippen LogP contribution is -2.34. The van der Waals surface area contributed by atoms with Crippen LogP contribution in [-0.2, 0) is 19.3 Å². The molecule has 2 aliphatic carbocycles. The van der Waals surface area contributed by atoms with Gasteiger partial charge in [-0.3, -0.25) is 4.89 Å². The molecule has 4 nitrogen and oxygen atoms in total. The third kappa shape index (κ3) is 1.86. The second-order valence-corrected chi connectivity index (χ2v) is 6.38. The summed E-state index contributed by atoms with van der Waals surface area (Å²) in [4.78, 5) is 22.5. The van der Waals surface area contributed by atoms with Crippen LogP contribution in [0.2, 0.25) is 0 Å². The van der Waals surface area contributed by atoms with Crippen molar-refractivity contribution in [3.63, 3.8) is 0 Å². The fourth-order valence-corrected chi connectivity index (χ4v) is 4.25. The van der Waals surface area contributed by atoms with Crippen LogP contribution in [0.25, 0.3) is 0 Å². The van der Waals surface area contributed by atoms with E-state index in [4.69, 9.17) is 14.5 Å². The van der Waals surface area contributed by atoms with Crippen molar-refractivity contribution >= 4 is 5.97 Å². The quantitative estimate of drug-likeness (QED) is 0.490. The molecule has 6 atom stereocenters. The van der Waals surface area contributed by atoms with Crippen molar-refractivity contribution in [2.75, 3.05) is 0 Å². The first kappa shape index (κ1) is 11.2. The van der Waals surface area contributed by atoms with Gasteiger partial charge >= 0.3 is 5.97 Å². The molecular weight excluding hydrogens is 232 g/mol. The van der Waals surface area contributed by atoms with E-state index in [0.29, 0.717) is 24.0 Å². The minimum absolute atomic E-state index is 0.00750. The molecule has 0 aromatic rings. The number of hydrogen-bond acceptors (Lipinski definition) is 4. The third-order valence-electron chi connectivity index (χ3n) is 5.23. The van der Waals surface area contributed by atoms with E-state index in [0.717, 1.165) is 32.1 Å². The van der Waals surface area contributed by atoms with E-state index >= 15 is 0 Å². The maximum atomic E-state index is 12.1. The van der Waals surface area contributed by atoms with E-state index < -0.39 is 0 Å². The third-order valence-corrected chi connectivity index (χ3v) is 5.23. The van der Waals surface area contributed by atoms with Gasteiger partial charge in [-0.1, -0.05) is 12.8 Å². The van der Waals surface area contributed by atoms with Crippen molar-refractivity contribution in [3.8, 4) is 0 Å². The second kappa shape index (κ2) is 4.20. The highest BCUT2D eigenvalue weighted by Gasteiger charge is 2.54. The predicted octanol–water partition coefficient (Wildman–Crippen LogP) is 2.22. The molecule has 0 aromatic heterocycles. The zero-order valence-electron chi connectivity index (χ0n) is 10.5. The van der Waals surface area contributed by atoms with Crippen molar-refractivity contribution in [3.05, 3.63) is 0 Å². The number of epoxide rings is 1. The number of carbonyl (C=O) groups is 1. The van der Waals surface area contributed by atoms with Gasteiger partial charge in [0, 0.05) is 5.92 Å². The van der Waals surface area contributed by atoms with Gasteiger partial charge < -0.3 is 4.74 Å². The molecule has 2 bridgehead atoms. The molecule has 0 amide bonds. The minimum atomic E-state index is -0.151. The number of hydrogen-bond donors (Lipinski definition) is 0. The Hall–Kier alpha value is -0.610. The van der Waals surface area contributed by atoms with E-state index in [1.165, 1.54) is 12.8 Å². The molecule has 100 valence electrons. The van der Waals surface area contributed by atoms with Gasteiger partial charge in [0.05, 0.1) is 18.1 Å². The smallest absolute Gasteiger partial charge is 0.345 e. The van der Waals surface area contributed by atoms with Gasteiger partial charge in [0.2, 0.25) is 0 Å². The van der Waals surface area contributed by atoms with Crippen LogP contribution < -0.4 is 0 Å². The highest BCUT2D eigenvalue weighted by molar-refractivity contribution is 5.72. The van der Waals surface area contributed by atoms with Gasteiger partial charge in [-0.2, -0.15) is 4.89 Å². The molecule has 2 saturated carbocycles. The number of carbonyl (C=O) groups excluding carboxylic acids is 1. The molecule has 4 heteroatoms. The maximum Gasteiger partial charge on any atom is 0.345 e. The average molecular weight is 252 g/mol. The van der Waals surface area contributed by atoms with Crippen LogP contribution in [0.5, 0.6) is 0 Å². The topological polar surface area (TPSA) is 48.1 Å². The molecule has 18 heavy (non-hydrogen) atoms. The van der Waals surface area contributed by atoms with Crippen LogP contribution >= 0.6 is 0 Å². The molecule has 0 aromatic carbocycles. The molecule has 0 spiro atoms. The summed E-state index contributed by atoms with van der Waals surface area (Å²) >= 11 is 0. The number of fused-ring (bicyclic) bond motifs is 5. The van der Waals surface area contributed by atoms with E-state index in [1.54, 1.807) is 0 Å². The molecule has 2 aliphatic heterocycles. The highest BCUT2D eigenvalue weighted by Crippen LogP contribution is 2.49. The van der Waals surface area contributed by atoms with Gasteiger partial charge in [0.1, 0.15) is 6.10 Å². The Morgan fingerprint density at radius 2 is 2.00 bits per heavy atom. The lowest BCUT2D eigenvalue weighted by Gasteiger charge is -2.30. The van der Waals surface area contributed by atoms with Crippen LogP contribution in [-0.4, -0.2) is 24.3 Å². The molecule has 4 rings (SSSR count). The van der Waals surface area contributed by atoms with Crippen molar-refractivity contribution in [1.82, 2.24) is 0 Å². The van der Waals surface area contributed by atoms with Crippen molar-refractivity contribution in [2.24, 2.45) is 17.8 Å². The number of ether oxygens (including phenoxy) is 1. The normalized spacial score (nSPS) is 51.0. The predicted molar refractivity (Wildman–Crippen MR) is 62.4 cm³/mol. The Balaban J connectivity index is 1.58. The molecule has 4 fully saturated rings. The van der Waals surface area contributed by atoms with Crippen LogP contribution in [0.15, 0.2) is 0 Å². The Morgan fingerprint density at radius 1 is 1.06 bits per heavy atom. The van der Waals surface area contributed by atoms with Gasteiger partial charge in [-0.05, 0) is 38.0 Å². The average Bonchev–Trinajstić information content (AvgIpc) is 3.15. The summed E-state index contributed by atoms with van der Waals surface area (Å²) in [5.74, 6) is 0.921. The summed E-state index contributed by atoms with van der Waals surface area (Å²) in [5.41, 5.74) is 0. The zero-order chi connectivity index (χ0) is 12.1. The van der Waals surface area contributed by atoms with Crippen LogP contribution in [0, 0.1) is 17.8 Å². The Labute approximate surface area is 107 Å². The largest absolute Gasteiger partial charge is 0.369 e. The van der Waals surface area contributed by atoms with Gasteiger partial charge in [0.15, 0.2) is 0 Å². The maximum absolute atomic E-state index is 12.1. The summed E-state index contributed by atoms with van der Waals surface area (Å²) in [6.45, 7) is 0. The fourth-order valence-electron chi connectivity index (χ4n) is 4.25. The summed E-state index contributed by atoms with van der Waals surface area (Å²) < 4.78 is 5.72. The first-order valence-electron chi connectivity index (χ1n) is 7.34. The first-order valence-corrected chi connectivity index (χ1v) is 7.34. The van der Waals surface area contributed by atoms with Gasteiger partial charge in [-0.25, -0.2) is 4.79 Å². The molecule has 2 saturated heterocycles. The van der Waals surface area contributed by atoms with E-state index in [-0.39, 0.29) is 18.0 Å². The highest BCUT2D eigenvalue weighted by atomic mass is 17.2. The van der Waals surface area contributed by atoms with E-state index in [2.05, 4.69) is 0 Å². The SMILES string of the molecule is O=C1OOC2CCCC(C2)CC2C1CCC1OC12. The van der Waals surface area contributed by atoms with Crippen LogP contribution in [0.3, 0.4) is 0 Å². The van der Waals surface area contributed by atoms with Crippen LogP contribution in [0.1, 0.15) is 44.9 Å². The Bertz CT molecular complexity index is 356. The minimum Gasteiger partial charge on any atom is -0.369 e. The zero-order valence-corrected chi connectivity index (χ0v) is 10.5. The Morgan fingerprint density at radius 3 is 2.94 bits per heavy atom. The summed E-state index contributed by atoms with van der Waals surface area (Å²) in [6, 6.07) is 0. The fraction of sp³-hybridized carbons (Fsp3) is 0.929. The monoisotopic (exact) mass is 252 g/mol. The standard InChI is InChI=1S/C14H20O4/c15-14-10-4-5-12-13(16-12)11(10)7-8-2-1-3-9(6-8)17-18-14/h8-13H,1-7H2. The van der Waals surface area contributed by atoms with E-state index in [1.807, 2.05) is 0 Å².